The summed E-state index contributed by atoms with van der Waals surface area (Å²) in [4.78, 5) is 30.9. The second-order valence-corrected chi connectivity index (χ2v) is 11.0. The molecule has 1 amide bonds. The summed E-state index contributed by atoms with van der Waals surface area (Å²) in [6.07, 6.45) is 5.93. The first-order valence-corrected chi connectivity index (χ1v) is 13.9. The molecule has 12 heteroatoms. The maximum Gasteiger partial charge on any atom is 0.261 e. The minimum absolute atomic E-state index is 0.124. The van der Waals surface area contributed by atoms with E-state index in [9.17, 15) is 18.4 Å². The van der Waals surface area contributed by atoms with Crippen molar-refractivity contribution in [2.45, 2.75) is 57.9 Å². The van der Waals surface area contributed by atoms with Gasteiger partial charge in [-0.2, -0.15) is 5.10 Å². The number of nitrogens with zero attached hydrogens (tertiary/aromatic N) is 3. The van der Waals surface area contributed by atoms with Gasteiger partial charge in [0.2, 0.25) is 0 Å². The van der Waals surface area contributed by atoms with Crippen LogP contribution in [0.25, 0.3) is 11.2 Å². The number of carbonyl (C=O) groups excluding carboxylic acids is 2. The first-order valence-electron chi connectivity index (χ1n) is 13.0. The largest absolute Gasteiger partial charge is 0.495 e. The average molecular weight is 571 g/mol. The lowest BCUT2D eigenvalue weighted by Crippen LogP contribution is -2.34. The quantitative estimate of drug-likeness (QED) is 0.0787. The van der Waals surface area contributed by atoms with Crippen LogP contribution in [-0.4, -0.2) is 51.1 Å². The highest BCUT2D eigenvalue weighted by Crippen LogP contribution is 2.32. The number of ketones is 1. The maximum absolute atomic E-state index is 13.7. The third-order valence-electron chi connectivity index (χ3n) is 6.65. The molecule has 212 valence electrons. The number of hydrazone groups is 1. The van der Waals surface area contributed by atoms with E-state index in [4.69, 9.17) is 10.6 Å². The molecule has 9 nitrogen and oxygen atoms in total. The third-order valence-corrected chi connectivity index (χ3v) is 7.55. The van der Waals surface area contributed by atoms with Crippen LogP contribution in [0, 0.1) is 23.7 Å². The van der Waals surface area contributed by atoms with E-state index >= 15 is 0 Å². The van der Waals surface area contributed by atoms with Crippen LogP contribution in [-0.2, 0) is 4.74 Å². The molecule has 2 aliphatic rings. The lowest BCUT2D eigenvalue weighted by Gasteiger charge is -2.24. The minimum atomic E-state index is -2.69. The van der Waals surface area contributed by atoms with E-state index in [0.29, 0.717) is 34.2 Å². The molecular formula is C28H32F2N6O3S. The second-order valence-electron chi connectivity index (χ2n) is 9.70. The Balaban J connectivity index is 1.73. The number of rotatable bonds is 9. The average Bonchev–Trinajstić information content (AvgIpc) is 3.69. The number of alkyl halides is 2. The van der Waals surface area contributed by atoms with Gasteiger partial charge in [0.25, 0.3) is 12.3 Å². The van der Waals surface area contributed by atoms with Crippen LogP contribution in [0.5, 0.6) is 0 Å². The molecule has 0 bridgehead atoms. The monoisotopic (exact) mass is 570 g/mol. The van der Waals surface area contributed by atoms with Gasteiger partial charge in [-0.05, 0) is 44.2 Å². The number of allylic oxidation sites excluding steroid dienone is 1. The summed E-state index contributed by atoms with van der Waals surface area (Å²) in [5, 5.41) is 9.15. The molecule has 0 spiro atoms. The summed E-state index contributed by atoms with van der Waals surface area (Å²) >= 11 is 1.20. The van der Waals surface area contributed by atoms with Crippen molar-refractivity contribution in [2.24, 2.45) is 22.8 Å². The minimum Gasteiger partial charge on any atom is -0.495 e. The van der Waals surface area contributed by atoms with Gasteiger partial charge in [0.1, 0.15) is 23.1 Å². The van der Waals surface area contributed by atoms with Gasteiger partial charge in [-0.1, -0.05) is 31.5 Å². The summed E-state index contributed by atoms with van der Waals surface area (Å²) in [6.45, 7) is 5.50. The van der Waals surface area contributed by atoms with E-state index in [0.717, 1.165) is 12.8 Å². The molecule has 0 radical (unpaired) electrons. The van der Waals surface area contributed by atoms with Gasteiger partial charge >= 0.3 is 0 Å². The molecule has 3 unspecified atom stereocenters. The van der Waals surface area contributed by atoms with E-state index in [2.05, 4.69) is 32.6 Å². The number of hydrogen-bond acceptors (Lipinski definition) is 8. The zero-order valence-electron chi connectivity index (χ0n) is 22.7. The normalized spacial score (nSPS) is 18.7. The van der Waals surface area contributed by atoms with Gasteiger partial charge in [-0.15, -0.1) is 0 Å². The molecule has 40 heavy (non-hydrogen) atoms. The highest BCUT2D eigenvalue weighted by atomic mass is 32.2. The molecule has 3 heterocycles. The predicted octanol–water partition coefficient (Wildman–Crippen LogP) is 4.17. The predicted molar refractivity (Wildman–Crippen MR) is 152 cm³/mol. The zero-order valence-corrected chi connectivity index (χ0v) is 23.5. The topological polar surface area (TPSA) is 123 Å². The number of thioether (sulfide) groups is 1. The highest BCUT2D eigenvalue weighted by molar-refractivity contribution is 8.15. The molecule has 4 N–H and O–H groups in total. The van der Waals surface area contributed by atoms with Crippen molar-refractivity contribution < 1.29 is 23.1 Å². The molecule has 1 aliphatic carbocycles. The number of hydrogen-bond donors (Lipinski definition) is 3. The lowest BCUT2D eigenvalue weighted by atomic mass is 9.96. The summed E-state index contributed by atoms with van der Waals surface area (Å²) in [5.74, 6) is 11.3. The fraction of sp³-hybridized carbons (Fsp3) is 0.429. The van der Waals surface area contributed by atoms with Crippen molar-refractivity contribution in [1.82, 2.24) is 20.0 Å². The Morgan fingerprint density at radius 2 is 2.10 bits per heavy atom. The summed E-state index contributed by atoms with van der Waals surface area (Å²) < 4.78 is 34.4. The fourth-order valence-electron chi connectivity index (χ4n) is 4.03. The van der Waals surface area contributed by atoms with Crippen LogP contribution < -0.4 is 16.5 Å². The molecule has 1 aliphatic heterocycles. The van der Waals surface area contributed by atoms with Gasteiger partial charge in [-0.25, -0.2) is 13.8 Å². The molecule has 1 saturated carbocycles. The SMILES string of the molecule is CCC(C)C(=O)c1cn2cc(C3=CC(C(F)F)NC=C3OC)c(C(=O)NC(C)S/C(C#CC3CC3)=N\N)cc2n1. The molecule has 0 aromatic carbocycles. The molecular weight excluding hydrogens is 538 g/mol. The highest BCUT2D eigenvalue weighted by Gasteiger charge is 2.28. The third kappa shape index (κ3) is 6.65. The van der Waals surface area contributed by atoms with Crippen molar-refractivity contribution in [3.05, 3.63) is 53.3 Å². The number of nitrogens with two attached hydrogens (primary N) is 1. The van der Waals surface area contributed by atoms with E-state index in [-0.39, 0.29) is 28.7 Å². The first-order chi connectivity index (χ1) is 19.1. The van der Waals surface area contributed by atoms with Crippen LogP contribution in [0.4, 0.5) is 8.78 Å². The smallest absolute Gasteiger partial charge is 0.261 e. The number of pyridine rings is 1. The number of amides is 1. The Bertz CT molecular complexity index is 1450. The molecule has 3 atom stereocenters. The maximum atomic E-state index is 13.7. The number of aromatic nitrogens is 2. The van der Waals surface area contributed by atoms with Crippen LogP contribution in [0.15, 0.2) is 41.6 Å². The zero-order chi connectivity index (χ0) is 29.0. The van der Waals surface area contributed by atoms with Gasteiger partial charge in [0.05, 0.1) is 18.0 Å². The number of carbonyl (C=O) groups is 2. The van der Waals surface area contributed by atoms with Gasteiger partial charge in [-0.3, -0.25) is 9.59 Å². The number of methoxy groups -OCH3 is 1. The molecule has 2 aromatic heterocycles. The van der Waals surface area contributed by atoms with Crippen LogP contribution in [0.1, 0.15) is 66.4 Å². The lowest BCUT2D eigenvalue weighted by molar-refractivity contribution is 0.0921. The number of ether oxygens (including phenoxy) is 1. The summed E-state index contributed by atoms with van der Waals surface area (Å²) in [6, 6.07) is 0.252. The van der Waals surface area contributed by atoms with Crippen LogP contribution in [0.3, 0.4) is 0 Å². The Morgan fingerprint density at radius 3 is 2.73 bits per heavy atom. The van der Waals surface area contributed by atoms with Crippen molar-refractivity contribution >= 4 is 39.7 Å². The second kappa shape index (κ2) is 12.6. The van der Waals surface area contributed by atoms with Crippen molar-refractivity contribution in [3.63, 3.8) is 0 Å². The molecule has 2 aromatic rings. The standard InChI is InChI=1S/C28H32F2N6O3S/c1-5-15(2)26(37)22-14-36-13-20(18-10-21(27(29)30)32-12-23(18)39-4)19(11-24(36)34-22)28(38)33-16(3)40-25(35-31)9-8-17-6-7-17/h10-17,21,27,32H,5-7,31H2,1-4H3,(H,33,38)/b35-25-. The molecule has 1 fully saturated rings. The first kappa shape index (κ1) is 29.1. The summed E-state index contributed by atoms with van der Waals surface area (Å²) in [7, 11) is 1.41. The fourth-order valence-corrected chi connectivity index (χ4v) is 4.71. The van der Waals surface area contributed by atoms with E-state index in [1.807, 2.05) is 13.8 Å². The molecule has 4 rings (SSSR count). The Morgan fingerprint density at radius 1 is 1.35 bits per heavy atom. The molecule has 0 saturated heterocycles. The number of imidazole rings is 1. The van der Waals surface area contributed by atoms with Crippen LogP contribution in [0.2, 0.25) is 0 Å². The number of Topliss-reactive ketones (excluding diaryl/α,β-unsaturated/α-hetero) is 1. The Labute approximate surface area is 235 Å². The van der Waals surface area contributed by atoms with Crippen LogP contribution >= 0.6 is 11.8 Å². The number of dihydropyridines is 1. The van der Waals surface area contributed by atoms with Crippen molar-refractivity contribution in [2.75, 3.05) is 7.11 Å². The van der Waals surface area contributed by atoms with Crippen molar-refractivity contribution in [1.29, 1.82) is 0 Å². The van der Waals surface area contributed by atoms with E-state index in [1.54, 1.807) is 23.7 Å². The summed E-state index contributed by atoms with van der Waals surface area (Å²) in [5.41, 5.74) is 1.44. The number of halogens is 2. The van der Waals surface area contributed by atoms with E-state index < -0.39 is 23.7 Å². The van der Waals surface area contributed by atoms with Gasteiger partial charge < -0.3 is 25.6 Å². The van der Waals surface area contributed by atoms with E-state index in [1.165, 1.54) is 37.2 Å². The number of nitrogens with one attached hydrogen (secondary N) is 2. The van der Waals surface area contributed by atoms with Crippen molar-refractivity contribution in [3.8, 4) is 11.8 Å². The Hall–Kier alpha value is -3.85. The van der Waals surface area contributed by atoms with Gasteiger partial charge in [0, 0.05) is 41.6 Å². The number of fused-ring (bicyclic) bond motifs is 1. The van der Waals surface area contributed by atoms with Gasteiger partial charge in [0.15, 0.2) is 10.8 Å². The Kier molecular flexibility index (Phi) is 9.14.